The fourth-order valence-corrected chi connectivity index (χ4v) is 1.56. The third-order valence-corrected chi connectivity index (χ3v) is 2.70. The van der Waals surface area contributed by atoms with Crippen LogP contribution < -0.4 is 14.8 Å². The fraction of sp³-hybridized carbons (Fsp3) is 0.667. The number of ether oxygens (including phenoxy) is 2. The molecule has 0 aliphatic heterocycles. The molecule has 1 rings (SSSR count). The number of aromatic nitrogens is 2. The van der Waals surface area contributed by atoms with Gasteiger partial charge in [-0.15, -0.1) is 0 Å². The second-order valence-electron chi connectivity index (χ2n) is 3.73. The zero-order valence-corrected chi connectivity index (χ0v) is 11.6. The highest BCUT2D eigenvalue weighted by Crippen LogP contribution is 2.16. The molecule has 102 valence electrons. The Morgan fingerprint density at radius 1 is 1.11 bits per heavy atom. The van der Waals surface area contributed by atoms with Crippen LogP contribution in [0.3, 0.4) is 0 Å². The molecule has 1 aromatic rings. The Morgan fingerprint density at radius 2 is 1.67 bits per heavy atom. The number of nitrogens with one attached hydrogen (secondary N) is 1. The first-order chi connectivity index (χ1) is 8.73. The molecule has 0 fully saturated rings. The van der Waals surface area contributed by atoms with Gasteiger partial charge in [-0.1, -0.05) is 13.8 Å². The van der Waals surface area contributed by atoms with Crippen molar-refractivity contribution in [1.82, 2.24) is 14.9 Å². The maximum atomic E-state index is 5.09. The number of anilines is 1. The second kappa shape index (κ2) is 7.71. The van der Waals surface area contributed by atoms with Gasteiger partial charge in [-0.2, -0.15) is 9.97 Å². The van der Waals surface area contributed by atoms with E-state index < -0.39 is 0 Å². The Kier molecular flexibility index (Phi) is 6.21. The lowest BCUT2D eigenvalue weighted by molar-refractivity contribution is 0.315. The molecule has 0 amide bonds. The van der Waals surface area contributed by atoms with Gasteiger partial charge in [0.15, 0.2) is 0 Å². The van der Waals surface area contributed by atoms with Crippen molar-refractivity contribution in [3.05, 3.63) is 6.07 Å². The smallest absolute Gasteiger partial charge is 0.229 e. The predicted molar refractivity (Wildman–Crippen MR) is 71.4 cm³/mol. The molecule has 1 heterocycles. The Balaban J connectivity index is 2.55. The summed E-state index contributed by atoms with van der Waals surface area (Å²) in [6.07, 6.45) is 0. The van der Waals surface area contributed by atoms with E-state index in [1.54, 1.807) is 20.3 Å². The normalized spacial score (nSPS) is 10.5. The van der Waals surface area contributed by atoms with E-state index in [1.807, 2.05) is 0 Å². The molecule has 0 radical (unpaired) electrons. The van der Waals surface area contributed by atoms with Crippen LogP contribution in [0.15, 0.2) is 6.07 Å². The molecule has 6 heteroatoms. The van der Waals surface area contributed by atoms with Crippen LogP contribution in [-0.2, 0) is 0 Å². The number of nitrogens with zero attached hydrogens (tertiary/aromatic N) is 3. The van der Waals surface area contributed by atoms with Crippen LogP contribution in [-0.4, -0.2) is 55.3 Å². The van der Waals surface area contributed by atoms with Gasteiger partial charge in [0, 0.05) is 13.1 Å². The molecular formula is C12H22N4O2. The van der Waals surface area contributed by atoms with Gasteiger partial charge in [-0.3, -0.25) is 0 Å². The summed E-state index contributed by atoms with van der Waals surface area (Å²) in [5, 5.41) is 3.17. The van der Waals surface area contributed by atoms with E-state index >= 15 is 0 Å². The van der Waals surface area contributed by atoms with Crippen molar-refractivity contribution >= 4 is 5.95 Å². The first kappa shape index (κ1) is 14.5. The quantitative estimate of drug-likeness (QED) is 0.753. The van der Waals surface area contributed by atoms with Crippen LogP contribution in [0.4, 0.5) is 5.95 Å². The minimum Gasteiger partial charge on any atom is -0.481 e. The highest BCUT2D eigenvalue weighted by Gasteiger charge is 2.05. The van der Waals surface area contributed by atoms with Gasteiger partial charge in [0.25, 0.3) is 0 Å². The van der Waals surface area contributed by atoms with Gasteiger partial charge in [0.05, 0.1) is 20.3 Å². The Morgan fingerprint density at radius 3 is 2.11 bits per heavy atom. The molecule has 0 spiro atoms. The Labute approximate surface area is 108 Å². The zero-order chi connectivity index (χ0) is 13.4. The van der Waals surface area contributed by atoms with E-state index in [4.69, 9.17) is 9.47 Å². The van der Waals surface area contributed by atoms with Gasteiger partial charge in [-0.25, -0.2) is 0 Å². The molecule has 0 unspecified atom stereocenters. The summed E-state index contributed by atoms with van der Waals surface area (Å²) in [7, 11) is 3.14. The molecule has 1 N–H and O–H groups in total. The van der Waals surface area contributed by atoms with Crippen LogP contribution in [0.25, 0.3) is 0 Å². The minimum atomic E-state index is 0.493. The third-order valence-electron chi connectivity index (χ3n) is 2.70. The molecule has 0 aromatic carbocycles. The molecule has 0 saturated carbocycles. The van der Waals surface area contributed by atoms with Crippen molar-refractivity contribution in [3.63, 3.8) is 0 Å². The summed E-state index contributed by atoms with van der Waals surface area (Å²) >= 11 is 0. The van der Waals surface area contributed by atoms with Crippen LogP contribution in [0, 0.1) is 0 Å². The summed E-state index contributed by atoms with van der Waals surface area (Å²) < 4.78 is 10.2. The summed E-state index contributed by atoms with van der Waals surface area (Å²) in [6, 6.07) is 1.65. The molecule has 18 heavy (non-hydrogen) atoms. The SMILES string of the molecule is CCN(CC)CCNc1nc(OC)cc(OC)n1. The first-order valence-electron chi connectivity index (χ1n) is 6.16. The fourth-order valence-electron chi connectivity index (χ4n) is 1.56. The molecule has 0 atom stereocenters. The van der Waals surface area contributed by atoms with E-state index in [0.29, 0.717) is 17.7 Å². The summed E-state index contributed by atoms with van der Waals surface area (Å²) in [6.45, 7) is 8.12. The molecule has 1 aromatic heterocycles. The average Bonchev–Trinajstić information content (AvgIpc) is 2.43. The standard InChI is InChI=1S/C12H22N4O2/c1-5-16(6-2)8-7-13-12-14-10(17-3)9-11(15-12)18-4/h9H,5-8H2,1-4H3,(H,13,14,15). The number of methoxy groups -OCH3 is 2. The van der Waals surface area contributed by atoms with Crippen molar-refractivity contribution in [2.24, 2.45) is 0 Å². The van der Waals surface area contributed by atoms with Gasteiger partial charge < -0.3 is 19.7 Å². The molecular weight excluding hydrogens is 232 g/mol. The number of rotatable bonds is 8. The first-order valence-corrected chi connectivity index (χ1v) is 6.16. The highest BCUT2D eigenvalue weighted by atomic mass is 16.5. The van der Waals surface area contributed by atoms with Crippen molar-refractivity contribution in [1.29, 1.82) is 0 Å². The third kappa shape index (κ3) is 4.37. The van der Waals surface area contributed by atoms with Crippen molar-refractivity contribution in [3.8, 4) is 11.8 Å². The molecule has 0 saturated heterocycles. The van der Waals surface area contributed by atoms with Crippen LogP contribution >= 0.6 is 0 Å². The van der Waals surface area contributed by atoms with E-state index in [0.717, 1.165) is 26.2 Å². The lowest BCUT2D eigenvalue weighted by atomic mass is 10.4. The van der Waals surface area contributed by atoms with Gasteiger partial charge in [-0.05, 0) is 13.1 Å². The molecule has 0 aliphatic rings. The van der Waals surface area contributed by atoms with E-state index in [-0.39, 0.29) is 0 Å². The molecule has 6 nitrogen and oxygen atoms in total. The lowest BCUT2D eigenvalue weighted by Gasteiger charge is -2.18. The minimum absolute atomic E-state index is 0.493. The van der Waals surface area contributed by atoms with E-state index in [1.165, 1.54) is 0 Å². The average molecular weight is 254 g/mol. The van der Waals surface area contributed by atoms with Crippen molar-refractivity contribution < 1.29 is 9.47 Å². The maximum absolute atomic E-state index is 5.09. The van der Waals surface area contributed by atoms with E-state index in [9.17, 15) is 0 Å². The monoisotopic (exact) mass is 254 g/mol. The van der Waals surface area contributed by atoms with Crippen LogP contribution in [0.2, 0.25) is 0 Å². The summed E-state index contributed by atoms with van der Waals surface area (Å²) in [5.41, 5.74) is 0. The molecule has 0 bridgehead atoms. The topological polar surface area (TPSA) is 59.5 Å². The van der Waals surface area contributed by atoms with Crippen molar-refractivity contribution in [2.45, 2.75) is 13.8 Å². The van der Waals surface area contributed by atoms with Gasteiger partial charge in [0.2, 0.25) is 17.7 Å². The maximum Gasteiger partial charge on any atom is 0.229 e. The number of hydrogen-bond acceptors (Lipinski definition) is 6. The number of likely N-dealkylation sites (N-methyl/N-ethyl adjacent to an activating group) is 1. The van der Waals surface area contributed by atoms with E-state index in [2.05, 4.69) is 34.0 Å². The van der Waals surface area contributed by atoms with Crippen LogP contribution in [0.5, 0.6) is 11.8 Å². The number of hydrogen-bond donors (Lipinski definition) is 1. The second-order valence-corrected chi connectivity index (χ2v) is 3.73. The zero-order valence-electron chi connectivity index (χ0n) is 11.6. The summed E-state index contributed by atoms with van der Waals surface area (Å²) in [4.78, 5) is 10.7. The lowest BCUT2D eigenvalue weighted by Crippen LogP contribution is -2.29. The highest BCUT2D eigenvalue weighted by molar-refractivity contribution is 5.33. The van der Waals surface area contributed by atoms with Crippen LogP contribution in [0.1, 0.15) is 13.8 Å². The van der Waals surface area contributed by atoms with Gasteiger partial charge in [0.1, 0.15) is 0 Å². The predicted octanol–water partition coefficient (Wildman–Crippen LogP) is 1.25. The Bertz CT molecular complexity index is 334. The van der Waals surface area contributed by atoms with Crippen molar-refractivity contribution in [2.75, 3.05) is 45.7 Å². The van der Waals surface area contributed by atoms with Gasteiger partial charge >= 0.3 is 0 Å². The largest absolute Gasteiger partial charge is 0.481 e. The molecule has 0 aliphatic carbocycles. The Hall–Kier alpha value is -1.56. The summed E-state index contributed by atoms with van der Waals surface area (Å²) in [5.74, 6) is 1.51.